The van der Waals surface area contributed by atoms with Gasteiger partial charge in [-0.05, 0) is 83.7 Å². The molecule has 0 unspecified atom stereocenters. The Bertz CT molecular complexity index is 1750. The first-order valence-electron chi connectivity index (χ1n) is 10.2. The third-order valence-corrected chi connectivity index (χ3v) is 6.60. The fraction of sp³-hybridized carbons (Fsp3) is 0.0345. The highest BCUT2D eigenvalue weighted by molar-refractivity contribution is 6.39. The van der Waals surface area contributed by atoms with E-state index in [0.717, 1.165) is 0 Å². The molecule has 0 saturated carbocycles. The van der Waals surface area contributed by atoms with Gasteiger partial charge < -0.3 is 0 Å². The lowest BCUT2D eigenvalue weighted by Crippen LogP contribution is -1.90. The van der Waals surface area contributed by atoms with Gasteiger partial charge in [-0.15, -0.1) is 0 Å². The van der Waals surface area contributed by atoms with E-state index < -0.39 is 0 Å². The van der Waals surface area contributed by atoms with E-state index in [2.05, 4.69) is 97.9 Å². The van der Waals surface area contributed by atoms with Crippen molar-refractivity contribution in [1.82, 2.24) is 0 Å². The van der Waals surface area contributed by atoms with Crippen LogP contribution in [0.25, 0.3) is 64.6 Å². The number of benzene rings is 7. The lowest BCUT2D eigenvalue weighted by atomic mass is 9.85. The van der Waals surface area contributed by atoms with E-state index in [9.17, 15) is 0 Å². The van der Waals surface area contributed by atoms with Crippen LogP contribution in [-0.4, -0.2) is 0 Å². The minimum absolute atomic E-state index is 1.31. The van der Waals surface area contributed by atoms with Crippen LogP contribution in [-0.2, 0) is 0 Å². The van der Waals surface area contributed by atoms with E-state index in [0.29, 0.717) is 0 Å². The third-order valence-electron chi connectivity index (χ3n) is 6.60. The fourth-order valence-electron chi connectivity index (χ4n) is 5.34. The largest absolute Gasteiger partial charge is 0.0616 e. The molecule has 0 nitrogen and oxygen atoms in total. The molecule has 0 fully saturated rings. The van der Waals surface area contributed by atoms with Crippen LogP contribution in [0.15, 0.2) is 91.0 Å². The first kappa shape index (κ1) is 15.3. The molecular formula is C29H18. The third kappa shape index (κ3) is 1.89. The van der Waals surface area contributed by atoms with E-state index in [-0.39, 0.29) is 0 Å². The normalized spacial score (nSPS) is 12.3. The Morgan fingerprint density at radius 1 is 0.379 bits per heavy atom. The maximum absolute atomic E-state index is 2.40. The van der Waals surface area contributed by atoms with Crippen molar-refractivity contribution in [3.05, 3.63) is 96.6 Å². The molecule has 0 aliphatic carbocycles. The summed E-state index contributed by atoms with van der Waals surface area (Å²) in [5.41, 5.74) is 1.31. The predicted molar refractivity (Wildman–Crippen MR) is 127 cm³/mol. The van der Waals surface area contributed by atoms with E-state index in [4.69, 9.17) is 0 Å². The van der Waals surface area contributed by atoms with Crippen LogP contribution >= 0.6 is 0 Å². The number of aryl methyl sites for hydroxylation is 1. The van der Waals surface area contributed by atoms with Gasteiger partial charge in [-0.1, -0.05) is 84.4 Å². The predicted octanol–water partition coefficient (Wildman–Crippen LogP) is 8.35. The summed E-state index contributed by atoms with van der Waals surface area (Å²) in [4.78, 5) is 0. The minimum atomic E-state index is 1.31. The van der Waals surface area contributed by atoms with Crippen LogP contribution in [0.2, 0.25) is 0 Å². The molecule has 0 aliphatic heterocycles. The van der Waals surface area contributed by atoms with E-state index in [1.54, 1.807) is 0 Å². The second kappa shape index (κ2) is 5.24. The van der Waals surface area contributed by atoms with Gasteiger partial charge in [0.2, 0.25) is 0 Å². The SMILES string of the molecule is Cc1ccc2c(c1)c1cc3ccccc3c3ccc4c5ccccc5cc2c4c31. The lowest BCUT2D eigenvalue weighted by Gasteiger charge is -2.18. The van der Waals surface area contributed by atoms with Crippen LogP contribution in [0.3, 0.4) is 0 Å². The van der Waals surface area contributed by atoms with Crippen molar-refractivity contribution in [3.8, 4) is 0 Å². The molecule has 0 heteroatoms. The van der Waals surface area contributed by atoms with Crippen LogP contribution in [0, 0.1) is 6.92 Å². The zero-order valence-electron chi connectivity index (χ0n) is 16.2. The molecule has 0 aromatic heterocycles. The van der Waals surface area contributed by atoms with E-state index in [1.165, 1.54) is 70.2 Å². The van der Waals surface area contributed by atoms with Gasteiger partial charge in [0.1, 0.15) is 0 Å². The van der Waals surface area contributed by atoms with Gasteiger partial charge >= 0.3 is 0 Å². The van der Waals surface area contributed by atoms with Gasteiger partial charge in [-0.2, -0.15) is 0 Å². The first-order chi connectivity index (χ1) is 14.3. The molecule has 7 aromatic carbocycles. The Morgan fingerprint density at radius 2 is 0.897 bits per heavy atom. The standard InChI is InChI=1S/C29H18/c1-17-10-11-22-25(14-17)27-16-19-7-3-5-9-21(19)24-13-12-23-20-8-4-2-6-18(20)15-26(22)28(23)29(24)27/h2-16H,1H3. The van der Waals surface area contributed by atoms with Crippen molar-refractivity contribution >= 4 is 64.6 Å². The van der Waals surface area contributed by atoms with Crippen LogP contribution in [0.5, 0.6) is 0 Å². The molecule has 0 amide bonds. The average molecular weight is 366 g/mol. The summed E-state index contributed by atoms with van der Waals surface area (Å²) in [5, 5.41) is 16.2. The van der Waals surface area contributed by atoms with Crippen molar-refractivity contribution in [2.24, 2.45) is 0 Å². The molecule has 0 atom stereocenters. The highest BCUT2D eigenvalue weighted by atomic mass is 14.2. The molecule has 7 rings (SSSR count). The monoisotopic (exact) mass is 366 g/mol. The number of rotatable bonds is 0. The second-order valence-electron chi connectivity index (χ2n) is 8.25. The summed E-state index contributed by atoms with van der Waals surface area (Å²) in [6.45, 7) is 2.19. The topological polar surface area (TPSA) is 0 Å². The second-order valence-corrected chi connectivity index (χ2v) is 8.25. The van der Waals surface area contributed by atoms with Gasteiger partial charge in [0.25, 0.3) is 0 Å². The summed E-state index contributed by atoms with van der Waals surface area (Å²) < 4.78 is 0. The minimum Gasteiger partial charge on any atom is -0.0616 e. The Morgan fingerprint density at radius 3 is 1.52 bits per heavy atom. The molecule has 0 spiro atoms. The molecular weight excluding hydrogens is 348 g/mol. The van der Waals surface area contributed by atoms with Gasteiger partial charge in [0.15, 0.2) is 0 Å². The number of fused-ring (bicyclic) bond motifs is 7. The Balaban J connectivity index is 1.94. The Labute approximate surface area is 168 Å². The molecule has 29 heavy (non-hydrogen) atoms. The summed E-state index contributed by atoms with van der Waals surface area (Å²) in [6, 6.07) is 33.9. The average Bonchev–Trinajstić information content (AvgIpc) is 2.77. The van der Waals surface area contributed by atoms with Crippen LogP contribution in [0.1, 0.15) is 5.56 Å². The molecule has 0 N–H and O–H groups in total. The zero-order valence-corrected chi connectivity index (χ0v) is 16.2. The van der Waals surface area contributed by atoms with Crippen molar-refractivity contribution in [1.29, 1.82) is 0 Å². The number of hydrogen-bond acceptors (Lipinski definition) is 0. The molecule has 134 valence electrons. The van der Waals surface area contributed by atoms with Crippen molar-refractivity contribution < 1.29 is 0 Å². The molecule has 0 saturated heterocycles. The zero-order chi connectivity index (χ0) is 19.1. The van der Waals surface area contributed by atoms with Gasteiger partial charge in [0.05, 0.1) is 0 Å². The van der Waals surface area contributed by atoms with E-state index >= 15 is 0 Å². The smallest absolute Gasteiger partial charge is 0.00137 e. The summed E-state index contributed by atoms with van der Waals surface area (Å²) in [7, 11) is 0. The fourth-order valence-corrected chi connectivity index (χ4v) is 5.34. The summed E-state index contributed by atoms with van der Waals surface area (Å²) in [5.74, 6) is 0. The quantitative estimate of drug-likeness (QED) is 0.187. The van der Waals surface area contributed by atoms with Crippen molar-refractivity contribution in [2.45, 2.75) is 6.92 Å². The Kier molecular flexibility index (Phi) is 2.77. The maximum Gasteiger partial charge on any atom is -0.00137 e. The molecule has 0 bridgehead atoms. The van der Waals surface area contributed by atoms with Crippen LogP contribution < -0.4 is 0 Å². The van der Waals surface area contributed by atoms with Gasteiger partial charge in [-0.25, -0.2) is 0 Å². The van der Waals surface area contributed by atoms with Gasteiger partial charge in [0, 0.05) is 0 Å². The summed E-state index contributed by atoms with van der Waals surface area (Å²) >= 11 is 0. The maximum atomic E-state index is 2.40. The molecule has 7 aromatic rings. The highest BCUT2D eigenvalue weighted by Gasteiger charge is 2.17. The first-order valence-corrected chi connectivity index (χ1v) is 10.2. The highest BCUT2D eigenvalue weighted by Crippen LogP contribution is 2.45. The van der Waals surface area contributed by atoms with Gasteiger partial charge in [-0.3, -0.25) is 0 Å². The van der Waals surface area contributed by atoms with E-state index in [1.807, 2.05) is 0 Å². The molecule has 0 heterocycles. The van der Waals surface area contributed by atoms with Crippen LogP contribution in [0.4, 0.5) is 0 Å². The van der Waals surface area contributed by atoms with Crippen molar-refractivity contribution in [3.63, 3.8) is 0 Å². The molecule has 0 aliphatic rings. The number of hydrogen-bond donors (Lipinski definition) is 0. The molecule has 0 radical (unpaired) electrons. The summed E-state index contributed by atoms with van der Waals surface area (Å²) in [6.07, 6.45) is 0. The van der Waals surface area contributed by atoms with Crippen molar-refractivity contribution in [2.75, 3.05) is 0 Å². The Hall–Kier alpha value is -3.64. The lowest BCUT2D eigenvalue weighted by molar-refractivity contribution is 1.51.